The smallest absolute Gasteiger partial charge is 0.112 e. The second-order valence-corrected chi connectivity index (χ2v) is 7.47. The lowest BCUT2D eigenvalue weighted by molar-refractivity contribution is 0.200. The first-order valence-corrected chi connectivity index (χ1v) is 9.85. The molecule has 0 amide bonds. The fourth-order valence-electron chi connectivity index (χ4n) is 3.60. The fraction of sp³-hybridized carbons (Fsp3) is 0.350. The van der Waals surface area contributed by atoms with Crippen molar-refractivity contribution in [3.05, 3.63) is 70.2 Å². The molecule has 0 saturated carbocycles. The van der Waals surface area contributed by atoms with Crippen LogP contribution in [0.1, 0.15) is 41.4 Å². The van der Waals surface area contributed by atoms with Gasteiger partial charge >= 0.3 is 0 Å². The van der Waals surface area contributed by atoms with Gasteiger partial charge in [-0.1, -0.05) is 12.1 Å². The minimum Gasteiger partial charge on any atom is -0.329 e. The maximum atomic E-state index is 8.90. The third kappa shape index (κ3) is 3.85. The summed E-state index contributed by atoms with van der Waals surface area (Å²) in [6.45, 7) is 3.92. The van der Waals surface area contributed by atoms with Crippen LogP contribution in [-0.2, 0) is 13.1 Å². The van der Waals surface area contributed by atoms with E-state index < -0.39 is 0 Å². The molecule has 1 aromatic carbocycles. The van der Waals surface area contributed by atoms with E-state index >= 15 is 0 Å². The van der Waals surface area contributed by atoms with Gasteiger partial charge < -0.3 is 4.57 Å². The highest BCUT2D eigenvalue weighted by Crippen LogP contribution is 2.28. The number of thiazole rings is 1. The molecule has 0 unspecified atom stereocenters. The van der Waals surface area contributed by atoms with E-state index in [2.05, 4.69) is 49.2 Å². The van der Waals surface area contributed by atoms with Gasteiger partial charge in [0, 0.05) is 30.2 Å². The normalized spacial score (nSPS) is 15.8. The van der Waals surface area contributed by atoms with E-state index in [1.54, 1.807) is 11.3 Å². The summed E-state index contributed by atoms with van der Waals surface area (Å²) in [4.78, 5) is 11.5. The first-order valence-electron chi connectivity index (χ1n) is 8.91. The highest BCUT2D eigenvalue weighted by atomic mass is 32.1. The zero-order chi connectivity index (χ0) is 17.8. The molecule has 1 aliphatic heterocycles. The standard InChI is InChI=1S/C20H21N5S/c21-11-16-1-3-17(4-2-16)12-24-8-5-18(6-9-24)20-22-7-10-25(20)13-19-14-26-15-23-19/h1-4,7,10,14-15,18H,5-6,8-9,12-13H2. The zero-order valence-electron chi connectivity index (χ0n) is 14.6. The van der Waals surface area contributed by atoms with Gasteiger partial charge in [0.15, 0.2) is 0 Å². The number of hydrogen-bond acceptors (Lipinski definition) is 5. The number of likely N-dealkylation sites (tertiary alicyclic amines) is 1. The predicted molar refractivity (Wildman–Crippen MR) is 102 cm³/mol. The highest BCUT2D eigenvalue weighted by Gasteiger charge is 2.24. The Morgan fingerprint density at radius 2 is 1.92 bits per heavy atom. The second kappa shape index (κ2) is 7.81. The van der Waals surface area contributed by atoms with E-state index in [1.165, 1.54) is 11.4 Å². The zero-order valence-corrected chi connectivity index (χ0v) is 15.4. The SMILES string of the molecule is N#Cc1ccc(CN2CCC(c3nccn3Cc3cscn3)CC2)cc1. The lowest BCUT2D eigenvalue weighted by atomic mass is 9.95. The topological polar surface area (TPSA) is 57.7 Å². The number of benzene rings is 1. The Kier molecular flexibility index (Phi) is 5.09. The molecule has 4 rings (SSSR count). The van der Waals surface area contributed by atoms with Crippen molar-refractivity contribution in [2.45, 2.75) is 31.8 Å². The fourth-order valence-corrected chi connectivity index (χ4v) is 4.15. The van der Waals surface area contributed by atoms with Crippen molar-refractivity contribution >= 4 is 11.3 Å². The number of aromatic nitrogens is 3. The van der Waals surface area contributed by atoms with Gasteiger partial charge in [0.05, 0.1) is 29.4 Å². The van der Waals surface area contributed by atoms with Crippen molar-refractivity contribution in [3.8, 4) is 6.07 Å². The molecule has 0 atom stereocenters. The average Bonchev–Trinajstić information content (AvgIpc) is 3.36. The first-order chi connectivity index (χ1) is 12.8. The molecule has 2 aromatic heterocycles. The largest absolute Gasteiger partial charge is 0.329 e. The van der Waals surface area contributed by atoms with Crippen LogP contribution in [0.15, 0.2) is 47.5 Å². The van der Waals surface area contributed by atoms with Crippen LogP contribution in [0.3, 0.4) is 0 Å². The van der Waals surface area contributed by atoms with E-state index in [0.29, 0.717) is 5.92 Å². The van der Waals surface area contributed by atoms with Crippen molar-refractivity contribution < 1.29 is 0 Å². The monoisotopic (exact) mass is 363 g/mol. The Labute approximate surface area is 157 Å². The number of imidazole rings is 1. The van der Waals surface area contributed by atoms with Gasteiger partial charge in [0.1, 0.15) is 5.82 Å². The number of rotatable bonds is 5. The maximum absolute atomic E-state index is 8.90. The van der Waals surface area contributed by atoms with Crippen molar-refractivity contribution in [3.63, 3.8) is 0 Å². The number of nitriles is 1. The summed E-state index contributed by atoms with van der Waals surface area (Å²) in [5.41, 5.74) is 4.98. The van der Waals surface area contributed by atoms with E-state index in [9.17, 15) is 0 Å². The van der Waals surface area contributed by atoms with E-state index in [-0.39, 0.29) is 0 Å². The summed E-state index contributed by atoms with van der Waals surface area (Å²) in [5, 5.41) is 11.0. The molecule has 1 saturated heterocycles. The maximum Gasteiger partial charge on any atom is 0.112 e. The molecule has 1 fully saturated rings. The second-order valence-electron chi connectivity index (χ2n) is 6.75. The summed E-state index contributed by atoms with van der Waals surface area (Å²) in [7, 11) is 0. The molecule has 0 spiro atoms. The van der Waals surface area contributed by atoms with Crippen LogP contribution in [0, 0.1) is 11.3 Å². The molecular weight excluding hydrogens is 342 g/mol. The molecule has 3 heterocycles. The van der Waals surface area contributed by atoms with Crippen LogP contribution in [0.5, 0.6) is 0 Å². The lowest BCUT2D eigenvalue weighted by Crippen LogP contribution is -2.33. The molecule has 26 heavy (non-hydrogen) atoms. The van der Waals surface area contributed by atoms with Crippen molar-refractivity contribution in [1.29, 1.82) is 5.26 Å². The van der Waals surface area contributed by atoms with Crippen LogP contribution < -0.4 is 0 Å². The Hall–Kier alpha value is -2.49. The minimum absolute atomic E-state index is 0.515. The number of hydrogen-bond donors (Lipinski definition) is 0. The Bertz CT molecular complexity index is 868. The third-order valence-electron chi connectivity index (χ3n) is 5.01. The lowest BCUT2D eigenvalue weighted by Gasteiger charge is -2.31. The molecule has 1 aliphatic rings. The first kappa shape index (κ1) is 17.0. The summed E-state index contributed by atoms with van der Waals surface area (Å²) in [5.74, 6) is 1.71. The van der Waals surface area contributed by atoms with Gasteiger partial charge in [0.25, 0.3) is 0 Å². The Morgan fingerprint density at radius 3 is 2.62 bits per heavy atom. The highest BCUT2D eigenvalue weighted by molar-refractivity contribution is 7.07. The Balaban J connectivity index is 1.35. The molecule has 3 aromatic rings. The van der Waals surface area contributed by atoms with Crippen molar-refractivity contribution in [2.24, 2.45) is 0 Å². The molecule has 0 bridgehead atoms. The van der Waals surface area contributed by atoms with Crippen LogP contribution in [0.2, 0.25) is 0 Å². The molecule has 5 nitrogen and oxygen atoms in total. The predicted octanol–water partition coefficient (Wildman–Crippen LogP) is 3.64. The summed E-state index contributed by atoms with van der Waals surface area (Å²) >= 11 is 1.64. The van der Waals surface area contributed by atoms with E-state index in [1.807, 2.05) is 23.8 Å². The molecule has 132 valence electrons. The van der Waals surface area contributed by atoms with Crippen LogP contribution >= 0.6 is 11.3 Å². The molecule has 6 heteroatoms. The summed E-state index contributed by atoms with van der Waals surface area (Å²) in [6.07, 6.45) is 6.23. The Morgan fingerprint density at radius 1 is 1.12 bits per heavy atom. The van der Waals surface area contributed by atoms with E-state index in [0.717, 1.165) is 50.3 Å². The van der Waals surface area contributed by atoms with Gasteiger partial charge in [-0.2, -0.15) is 5.26 Å². The van der Waals surface area contributed by atoms with Gasteiger partial charge in [-0.25, -0.2) is 9.97 Å². The molecule has 0 N–H and O–H groups in total. The summed E-state index contributed by atoms with van der Waals surface area (Å²) < 4.78 is 2.25. The van der Waals surface area contributed by atoms with Crippen LogP contribution in [0.25, 0.3) is 0 Å². The molecule has 0 radical (unpaired) electrons. The van der Waals surface area contributed by atoms with Gasteiger partial charge in [-0.05, 0) is 43.6 Å². The molecular formula is C20H21N5S. The van der Waals surface area contributed by atoms with Crippen molar-refractivity contribution in [2.75, 3.05) is 13.1 Å². The average molecular weight is 363 g/mol. The number of piperidine rings is 1. The molecule has 0 aliphatic carbocycles. The van der Waals surface area contributed by atoms with Crippen LogP contribution in [0.4, 0.5) is 0 Å². The van der Waals surface area contributed by atoms with Gasteiger partial charge in [0.2, 0.25) is 0 Å². The van der Waals surface area contributed by atoms with E-state index in [4.69, 9.17) is 5.26 Å². The number of nitrogens with zero attached hydrogens (tertiary/aromatic N) is 5. The van der Waals surface area contributed by atoms with Gasteiger partial charge in [-0.3, -0.25) is 4.90 Å². The third-order valence-corrected chi connectivity index (χ3v) is 5.64. The minimum atomic E-state index is 0.515. The van der Waals surface area contributed by atoms with Crippen molar-refractivity contribution in [1.82, 2.24) is 19.4 Å². The quantitative estimate of drug-likeness (QED) is 0.694. The van der Waals surface area contributed by atoms with Crippen LogP contribution in [-0.4, -0.2) is 32.5 Å². The summed E-state index contributed by atoms with van der Waals surface area (Å²) in [6, 6.07) is 10.1. The van der Waals surface area contributed by atoms with Gasteiger partial charge in [-0.15, -0.1) is 11.3 Å².